The van der Waals surface area contributed by atoms with Crippen molar-refractivity contribution in [1.29, 1.82) is 0 Å². The fourth-order valence-electron chi connectivity index (χ4n) is 3.03. The van der Waals surface area contributed by atoms with Gasteiger partial charge in [0.25, 0.3) is 0 Å². The molecule has 2 aromatic rings. The second-order valence-electron chi connectivity index (χ2n) is 5.96. The van der Waals surface area contributed by atoms with Crippen molar-refractivity contribution in [3.8, 4) is 0 Å². The molecule has 3 N–H and O–H groups in total. The van der Waals surface area contributed by atoms with Crippen LogP contribution in [0.1, 0.15) is 25.6 Å². The Labute approximate surface area is 143 Å². The van der Waals surface area contributed by atoms with Crippen LogP contribution in [-0.2, 0) is 9.57 Å². The first-order valence-electron chi connectivity index (χ1n) is 7.94. The number of hydrogen-bond acceptors (Lipinski definition) is 7. The van der Waals surface area contributed by atoms with Gasteiger partial charge in [-0.3, -0.25) is 4.84 Å². The van der Waals surface area contributed by atoms with Gasteiger partial charge in [0.2, 0.25) is 0 Å². The lowest BCUT2D eigenvalue weighted by atomic mass is 9.98. The van der Waals surface area contributed by atoms with E-state index in [1.807, 2.05) is 6.92 Å². The van der Waals surface area contributed by atoms with Crippen LogP contribution in [0.5, 0.6) is 0 Å². The molecule has 3 rings (SSSR count). The molecule has 9 heteroatoms. The summed E-state index contributed by atoms with van der Waals surface area (Å²) < 4.78 is 22.1. The van der Waals surface area contributed by atoms with Crippen LogP contribution in [0.25, 0.3) is 17.1 Å². The fourth-order valence-corrected chi connectivity index (χ4v) is 3.03. The molecule has 3 heterocycles. The maximum absolute atomic E-state index is 15.1. The molecular formula is C16H21FN4O4. The minimum Gasteiger partial charge on any atom is -0.394 e. The number of aromatic nitrogens is 3. The Morgan fingerprint density at radius 3 is 2.92 bits per heavy atom. The summed E-state index contributed by atoms with van der Waals surface area (Å²) in [5.74, 6) is 0.415. The summed E-state index contributed by atoms with van der Waals surface area (Å²) in [6, 6.07) is 0. The van der Waals surface area contributed by atoms with Crippen LogP contribution in [-0.4, -0.2) is 55.8 Å². The van der Waals surface area contributed by atoms with Gasteiger partial charge in [0.05, 0.1) is 18.6 Å². The highest BCUT2D eigenvalue weighted by Crippen LogP contribution is 2.43. The monoisotopic (exact) mass is 352 g/mol. The number of halogens is 1. The summed E-state index contributed by atoms with van der Waals surface area (Å²) in [6.07, 6.45) is 0.882. The topological polar surface area (TPSA) is 102 Å². The third-order valence-electron chi connectivity index (χ3n) is 4.32. The number of ether oxygens (including phenoxy) is 1. The van der Waals surface area contributed by atoms with Gasteiger partial charge in [0, 0.05) is 11.8 Å². The molecule has 0 spiro atoms. The average Bonchev–Trinajstić information content (AvgIpc) is 3.09. The quantitative estimate of drug-likeness (QED) is 0.676. The average molecular weight is 352 g/mol. The number of rotatable bonds is 6. The van der Waals surface area contributed by atoms with Crippen LogP contribution < -0.4 is 5.48 Å². The molecule has 0 saturated carbocycles. The first-order valence-corrected chi connectivity index (χ1v) is 7.94. The molecule has 0 radical (unpaired) electrons. The standard InChI is InChI=1S/C16H21FN4O4/c1-4-9-6-21(15-16(3,17)12(23)10(7-22)25-15)14-11(9)13(18-8-19-14)20-24-5-2/h4,6,8,10,12,15,22-23H,1,5,7H2,2-3H3,(H,18,19,20)/t10?,12?,15-,16-/m1/s1. The molecule has 1 aliphatic rings. The number of nitrogens with zero attached hydrogens (tertiary/aromatic N) is 3. The minimum atomic E-state index is -2.11. The van der Waals surface area contributed by atoms with Crippen LogP contribution in [0.15, 0.2) is 19.1 Å². The fraction of sp³-hybridized carbons (Fsp3) is 0.500. The number of anilines is 1. The van der Waals surface area contributed by atoms with Gasteiger partial charge in [-0.1, -0.05) is 12.7 Å². The molecule has 0 aromatic carbocycles. The van der Waals surface area contributed by atoms with Crippen molar-refractivity contribution < 1.29 is 24.2 Å². The minimum absolute atomic E-state index is 0.395. The molecular weight excluding hydrogens is 331 g/mol. The Hall–Kier alpha value is -2.07. The molecule has 2 aromatic heterocycles. The zero-order valence-corrected chi connectivity index (χ0v) is 14.0. The first-order chi connectivity index (χ1) is 12.0. The zero-order valence-electron chi connectivity index (χ0n) is 14.0. The molecule has 1 saturated heterocycles. The molecule has 136 valence electrons. The highest BCUT2D eigenvalue weighted by atomic mass is 19.1. The number of nitrogens with one attached hydrogen (secondary N) is 1. The Morgan fingerprint density at radius 2 is 2.32 bits per heavy atom. The van der Waals surface area contributed by atoms with Crippen molar-refractivity contribution in [2.24, 2.45) is 0 Å². The van der Waals surface area contributed by atoms with Crippen molar-refractivity contribution in [2.45, 2.75) is 38.0 Å². The molecule has 0 bridgehead atoms. The van der Waals surface area contributed by atoms with E-state index in [0.717, 1.165) is 0 Å². The third-order valence-corrected chi connectivity index (χ3v) is 4.32. The Balaban J connectivity index is 2.13. The van der Waals surface area contributed by atoms with Gasteiger partial charge in [-0.2, -0.15) is 0 Å². The summed E-state index contributed by atoms with van der Waals surface area (Å²) in [6.45, 7) is 6.75. The summed E-state index contributed by atoms with van der Waals surface area (Å²) in [5.41, 5.74) is 1.66. The predicted octanol–water partition coefficient (Wildman–Crippen LogP) is 1.42. The molecule has 1 fully saturated rings. The maximum atomic E-state index is 15.1. The number of alkyl halides is 1. The maximum Gasteiger partial charge on any atom is 0.181 e. The van der Waals surface area contributed by atoms with E-state index in [0.29, 0.717) is 29.0 Å². The molecule has 25 heavy (non-hydrogen) atoms. The summed E-state index contributed by atoms with van der Waals surface area (Å²) in [7, 11) is 0. The van der Waals surface area contributed by atoms with Gasteiger partial charge in [0.1, 0.15) is 24.2 Å². The first kappa shape index (κ1) is 17.7. The smallest absolute Gasteiger partial charge is 0.181 e. The van der Waals surface area contributed by atoms with E-state index in [4.69, 9.17) is 9.57 Å². The van der Waals surface area contributed by atoms with E-state index in [1.165, 1.54) is 17.8 Å². The Kier molecular flexibility index (Phi) is 4.74. The number of aliphatic hydroxyl groups excluding tert-OH is 2. The Morgan fingerprint density at radius 1 is 1.56 bits per heavy atom. The molecule has 0 aliphatic carbocycles. The third kappa shape index (κ3) is 2.78. The molecule has 2 unspecified atom stereocenters. The predicted molar refractivity (Wildman–Crippen MR) is 89.4 cm³/mol. The Bertz CT molecular complexity index is 779. The van der Waals surface area contributed by atoms with Gasteiger partial charge in [-0.15, -0.1) is 0 Å². The van der Waals surface area contributed by atoms with E-state index in [1.54, 1.807) is 12.3 Å². The van der Waals surface area contributed by atoms with E-state index >= 15 is 4.39 Å². The highest BCUT2D eigenvalue weighted by Gasteiger charge is 2.55. The van der Waals surface area contributed by atoms with Crippen molar-refractivity contribution in [1.82, 2.24) is 14.5 Å². The van der Waals surface area contributed by atoms with Crippen molar-refractivity contribution in [3.63, 3.8) is 0 Å². The van der Waals surface area contributed by atoms with E-state index in [-0.39, 0.29) is 0 Å². The van der Waals surface area contributed by atoms with Crippen molar-refractivity contribution in [2.75, 3.05) is 18.7 Å². The van der Waals surface area contributed by atoms with Crippen molar-refractivity contribution >= 4 is 22.9 Å². The summed E-state index contributed by atoms with van der Waals surface area (Å²) in [5, 5.41) is 20.0. The van der Waals surface area contributed by atoms with Crippen LogP contribution in [0, 0.1) is 0 Å². The van der Waals surface area contributed by atoms with Gasteiger partial charge in [-0.25, -0.2) is 19.8 Å². The number of hydrogen-bond donors (Lipinski definition) is 3. The van der Waals surface area contributed by atoms with Gasteiger partial charge < -0.3 is 19.5 Å². The van der Waals surface area contributed by atoms with E-state index in [9.17, 15) is 10.2 Å². The van der Waals surface area contributed by atoms with Gasteiger partial charge >= 0.3 is 0 Å². The molecule has 1 aliphatic heterocycles. The SMILES string of the molecule is C=Cc1cn([C@@H]2OC(CO)C(O)[C@@]2(C)F)c2ncnc(NOCC)c12. The van der Waals surface area contributed by atoms with Gasteiger partial charge in [0.15, 0.2) is 17.7 Å². The lowest BCUT2D eigenvalue weighted by Gasteiger charge is -2.25. The van der Waals surface area contributed by atoms with E-state index < -0.39 is 30.7 Å². The molecule has 0 amide bonds. The highest BCUT2D eigenvalue weighted by molar-refractivity contribution is 5.95. The van der Waals surface area contributed by atoms with Crippen LogP contribution in [0.4, 0.5) is 10.2 Å². The lowest BCUT2D eigenvalue weighted by Crippen LogP contribution is -2.40. The van der Waals surface area contributed by atoms with E-state index in [2.05, 4.69) is 22.0 Å². The van der Waals surface area contributed by atoms with Crippen LogP contribution in [0.2, 0.25) is 0 Å². The molecule has 8 nitrogen and oxygen atoms in total. The lowest BCUT2D eigenvalue weighted by molar-refractivity contribution is -0.0564. The van der Waals surface area contributed by atoms with Crippen molar-refractivity contribution in [3.05, 3.63) is 24.7 Å². The second kappa shape index (κ2) is 6.68. The van der Waals surface area contributed by atoms with Crippen LogP contribution >= 0.6 is 0 Å². The summed E-state index contributed by atoms with van der Waals surface area (Å²) >= 11 is 0. The largest absolute Gasteiger partial charge is 0.394 e. The number of aliphatic hydroxyl groups is 2. The normalized spacial score (nSPS) is 29.2. The number of fused-ring (bicyclic) bond motifs is 1. The van der Waals surface area contributed by atoms with Gasteiger partial charge in [-0.05, 0) is 13.8 Å². The zero-order chi connectivity index (χ0) is 18.2. The second-order valence-corrected chi connectivity index (χ2v) is 5.96. The molecule has 4 atom stereocenters. The van der Waals surface area contributed by atoms with Crippen LogP contribution in [0.3, 0.4) is 0 Å². The summed E-state index contributed by atoms with van der Waals surface area (Å²) in [4.78, 5) is 13.6.